The van der Waals surface area contributed by atoms with Gasteiger partial charge in [-0.15, -0.1) is 0 Å². The van der Waals surface area contributed by atoms with Crippen LogP contribution in [0.25, 0.3) is 0 Å². The lowest BCUT2D eigenvalue weighted by atomic mass is 9.79. The number of hydrogen-bond acceptors (Lipinski definition) is 7. The summed E-state index contributed by atoms with van der Waals surface area (Å²) < 4.78 is 34.4. The van der Waals surface area contributed by atoms with E-state index in [1.807, 2.05) is 13.8 Å². The van der Waals surface area contributed by atoms with Crippen LogP contribution in [0.15, 0.2) is 18.2 Å². The second kappa shape index (κ2) is 10.8. The van der Waals surface area contributed by atoms with Crippen molar-refractivity contribution in [1.29, 1.82) is 0 Å². The minimum Gasteiger partial charge on any atom is -0.508 e. The zero-order valence-electron chi connectivity index (χ0n) is 17.7. The third kappa shape index (κ3) is 6.23. The van der Waals surface area contributed by atoms with E-state index in [9.17, 15) is 14.5 Å². The Morgan fingerprint density at radius 3 is 2.25 bits per heavy atom. The highest BCUT2D eigenvalue weighted by Gasteiger charge is 2.43. The fraction of sp³-hybridized carbons (Fsp3) is 0.650. The van der Waals surface area contributed by atoms with Gasteiger partial charge in [-0.3, -0.25) is 9.36 Å². The van der Waals surface area contributed by atoms with Crippen molar-refractivity contribution in [1.82, 2.24) is 0 Å². The lowest BCUT2D eigenvalue weighted by Crippen LogP contribution is -2.29. The van der Waals surface area contributed by atoms with Crippen LogP contribution < -0.4 is 4.74 Å². The van der Waals surface area contributed by atoms with Gasteiger partial charge < -0.3 is 23.6 Å². The number of esters is 1. The highest BCUT2D eigenvalue weighted by Crippen LogP contribution is 2.55. The first-order valence-corrected chi connectivity index (χ1v) is 11.2. The van der Waals surface area contributed by atoms with Crippen LogP contribution in [0.5, 0.6) is 11.5 Å². The average Bonchev–Trinajstić information content (AvgIpc) is 2.62. The highest BCUT2D eigenvalue weighted by molar-refractivity contribution is 7.55. The van der Waals surface area contributed by atoms with E-state index in [-0.39, 0.29) is 32.0 Å². The lowest BCUT2D eigenvalue weighted by molar-refractivity contribution is -0.143. The Balaban J connectivity index is 3.15. The van der Waals surface area contributed by atoms with Crippen molar-refractivity contribution < 1.29 is 33.0 Å². The summed E-state index contributed by atoms with van der Waals surface area (Å²) in [5.41, 5.74) is -0.872. The molecular weight excluding hydrogens is 383 g/mol. The van der Waals surface area contributed by atoms with Gasteiger partial charge in [-0.05, 0) is 57.2 Å². The van der Waals surface area contributed by atoms with Gasteiger partial charge >= 0.3 is 13.6 Å². The first kappa shape index (κ1) is 24.5. The van der Waals surface area contributed by atoms with Crippen molar-refractivity contribution in [2.75, 3.05) is 26.9 Å². The molecular formula is C20H33O7P. The van der Waals surface area contributed by atoms with Crippen LogP contribution in [0.4, 0.5) is 0 Å². The number of ether oxygens (including phenoxy) is 2. The molecule has 0 spiro atoms. The summed E-state index contributed by atoms with van der Waals surface area (Å²) in [7, 11) is -2.13. The third-order valence-corrected chi connectivity index (χ3v) is 7.00. The molecule has 0 bridgehead atoms. The molecule has 28 heavy (non-hydrogen) atoms. The number of hydrogen-bond donors (Lipinski definition) is 1. The molecule has 8 heteroatoms. The van der Waals surface area contributed by atoms with Crippen LogP contribution in [0.3, 0.4) is 0 Å². The molecule has 7 nitrogen and oxygen atoms in total. The number of benzene rings is 1. The van der Waals surface area contributed by atoms with Crippen LogP contribution in [0, 0.1) is 0 Å². The molecule has 0 saturated carbocycles. The van der Waals surface area contributed by atoms with Crippen molar-refractivity contribution in [3.8, 4) is 11.5 Å². The quantitative estimate of drug-likeness (QED) is 0.391. The zero-order valence-corrected chi connectivity index (χ0v) is 18.6. The SMILES string of the molecule is CCOC(=O)C(CCC(C)(C)c1cc(OC)ccc1O)P(=O)(OCC)OCC. The normalized spacial score (nSPS) is 13.2. The van der Waals surface area contributed by atoms with Crippen LogP contribution >= 0.6 is 7.60 Å². The maximum atomic E-state index is 13.2. The molecule has 1 unspecified atom stereocenters. The van der Waals surface area contributed by atoms with Gasteiger partial charge in [-0.1, -0.05) is 13.8 Å². The Kier molecular flexibility index (Phi) is 9.48. The molecule has 1 atom stereocenters. The van der Waals surface area contributed by atoms with Crippen LogP contribution in [-0.4, -0.2) is 43.7 Å². The van der Waals surface area contributed by atoms with Crippen molar-refractivity contribution in [3.05, 3.63) is 23.8 Å². The van der Waals surface area contributed by atoms with E-state index >= 15 is 0 Å². The van der Waals surface area contributed by atoms with E-state index < -0.39 is 24.6 Å². The summed E-state index contributed by atoms with van der Waals surface area (Å²) in [6.07, 6.45) is 0.668. The maximum Gasteiger partial charge on any atom is 0.344 e. The molecule has 160 valence electrons. The van der Waals surface area contributed by atoms with Crippen LogP contribution in [0.1, 0.15) is 53.0 Å². The summed E-state index contributed by atoms with van der Waals surface area (Å²) in [6.45, 7) is 9.47. The van der Waals surface area contributed by atoms with Crippen molar-refractivity contribution >= 4 is 13.6 Å². The summed E-state index contributed by atoms with van der Waals surface area (Å²) in [5.74, 6) is 0.159. The first-order valence-electron chi connectivity index (χ1n) is 9.58. The van der Waals surface area contributed by atoms with Crippen molar-refractivity contribution in [2.45, 2.75) is 58.5 Å². The van der Waals surface area contributed by atoms with Crippen molar-refractivity contribution in [3.63, 3.8) is 0 Å². The number of aromatic hydroxyl groups is 1. The number of phenolic OH excluding ortho intramolecular Hbond substituents is 1. The van der Waals surface area contributed by atoms with Gasteiger partial charge in [0.05, 0.1) is 26.9 Å². The van der Waals surface area contributed by atoms with Gasteiger partial charge in [0.15, 0.2) is 5.66 Å². The predicted octanol–water partition coefficient (Wildman–Crippen LogP) is 4.66. The Bertz CT molecular complexity index is 677. The fourth-order valence-corrected chi connectivity index (χ4v) is 4.97. The largest absolute Gasteiger partial charge is 0.508 e. The number of methoxy groups -OCH3 is 1. The maximum absolute atomic E-state index is 13.2. The number of carbonyl (C=O) groups is 1. The average molecular weight is 416 g/mol. The van der Waals surface area contributed by atoms with E-state index in [1.54, 1.807) is 46.1 Å². The molecule has 1 aromatic rings. The van der Waals surface area contributed by atoms with E-state index in [0.29, 0.717) is 17.7 Å². The topological polar surface area (TPSA) is 91.3 Å². The molecule has 0 aliphatic carbocycles. The minimum atomic E-state index is -3.68. The molecule has 1 N–H and O–H groups in total. The second-order valence-electron chi connectivity index (χ2n) is 6.95. The third-order valence-electron chi connectivity index (χ3n) is 4.53. The standard InChI is InChI=1S/C20H33O7P/c1-7-25-19(22)18(28(23,26-8-2)27-9-3)12-13-20(4,5)16-14-15(24-6)10-11-17(16)21/h10-11,14,18,21H,7-9,12-13H2,1-6H3. The fourth-order valence-electron chi connectivity index (χ4n) is 3.04. The summed E-state index contributed by atoms with van der Waals surface area (Å²) in [5, 5.41) is 10.3. The summed E-state index contributed by atoms with van der Waals surface area (Å²) in [6, 6.07) is 5.01. The van der Waals surface area contributed by atoms with Gasteiger partial charge in [-0.25, -0.2) is 0 Å². The van der Waals surface area contributed by atoms with E-state index in [4.69, 9.17) is 18.5 Å². The monoisotopic (exact) mass is 416 g/mol. The number of phenols is 1. The van der Waals surface area contributed by atoms with Gasteiger partial charge in [0.1, 0.15) is 11.5 Å². The van der Waals surface area contributed by atoms with E-state index in [2.05, 4.69) is 0 Å². The van der Waals surface area contributed by atoms with E-state index in [0.717, 1.165) is 0 Å². The van der Waals surface area contributed by atoms with Crippen LogP contribution in [-0.2, 0) is 28.6 Å². The Hall–Kier alpha value is -1.56. The number of carbonyl (C=O) groups excluding carboxylic acids is 1. The van der Waals surface area contributed by atoms with E-state index in [1.165, 1.54) is 0 Å². The molecule has 1 aromatic carbocycles. The van der Waals surface area contributed by atoms with Crippen LogP contribution in [0.2, 0.25) is 0 Å². The Labute approximate surface area is 167 Å². The number of rotatable bonds is 12. The molecule has 0 aliphatic rings. The molecule has 0 heterocycles. The lowest BCUT2D eigenvalue weighted by Gasteiger charge is -2.30. The predicted molar refractivity (Wildman–Crippen MR) is 108 cm³/mol. The molecule has 0 aliphatic heterocycles. The van der Waals surface area contributed by atoms with Gasteiger partial charge in [0.2, 0.25) is 0 Å². The highest BCUT2D eigenvalue weighted by atomic mass is 31.2. The van der Waals surface area contributed by atoms with Crippen molar-refractivity contribution in [2.24, 2.45) is 0 Å². The molecule has 0 fully saturated rings. The van der Waals surface area contributed by atoms with Gasteiger partial charge in [0.25, 0.3) is 0 Å². The molecule has 1 rings (SSSR count). The summed E-state index contributed by atoms with van der Waals surface area (Å²) in [4.78, 5) is 12.5. The zero-order chi connectivity index (χ0) is 21.4. The summed E-state index contributed by atoms with van der Waals surface area (Å²) >= 11 is 0. The molecule has 0 amide bonds. The van der Waals surface area contributed by atoms with Gasteiger partial charge in [0, 0.05) is 5.56 Å². The molecule has 0 saturated heterocycles. The Morgan fingerprint density at radius 1 is 1.14 bits per heavy atom. The minimum absolute atomic E-state index is 0.135. The first-order chi connectivity index (χ1) is 13.1. The smallest absolute Gasteiger partial charge is 0.344 e. The molecule has 0 radical (unpaired) electrons. The Morgan fingerprint density at radius 2 is 1.75 bits per heavy atom. The second-order valence-corrected chi connectivity index (χ2v) is 9.17. The van der Waals surface area contributed by atoms with Gasteiger partial charge in [-0.2, -0.15) is 0 Å². The molecule has 0 aromatic heterocycles.